The second-order valence-electron chi connectivity index (χ2n) is 3.45. The highest BCUT2D eigenvalue weighted by Gasteiger charge is 2.39. The summed E-state index contributed by atoms with van der Waals surface area (Å²) in [4.78, 5) is 0. The summed E-state index contributed by atoms with van der Waals surface area (Å²) in [6.45, 7) is 1.52. The van der Waals surface area contributed by atoms with Crippen molar-refractivity contribution in [2.45, 2.75) is 37.5 Å². The van der Waals surface area contributed by atoms with Gasteiger partial charge in [-0.15, -0.1) is 12.4 Å². The van der Waals surface area contributed by atoms with E-state index < -0.39 is 0 Å². The van der Waals surface area contributed by atoms with Gasteiger partial charge in [-0.3, -0.25) is 0 Å². The number of nitrogens with two attached hydrogens (primary N) is 1. The Hall–Kier alpha value is 0.170. The molecular weight excluding hydrogens is 178 g/mol. The minimum absolute atomic E-state index is 0. The molecule has 3 nitrogen and oxygen atoms in total. The highest BCUT2D eigenvalue weighted by atomic mass is 35.5. The normalized spacial score (nSPS) is 28.8. The Morgan fingerprint density at radius 1 is 1.08 bits per heavy atom. The zero-order chi connectivity index (χ0) is 7.73. The van der Waals surface area contributed by atoms with Gasteiger partial charge >= 0.3 is 0 Å². The summed E-state index contributed by atoms with van der Waals surface area (Å²) >= 11 is 0. The van der Waals surface area contributed by atoms with Crippen molar-refractivity contribution in [2.75, 3.05) is 13.2 Å². The third-order valence-electron chi connectivity index (χ3n) is 2.61. The first-order chi connectivity index (χ1) is 5.31. The summed E-state index contributed by atoms with van der Waals surface area (Å²) in [5, 5.41) is 0. The maximum Gasteiger partial charge on any atom is 0.168 e. The van der Waals surface area contributed by atoms with Crippen LogP contribution in [0.2, 0.25) is 0 Å². The van der Waals surface area contributed by atoms with E-state index in [4.69, 9.17) is 15.2 Å². The van der Waals surface area contributed by atoms with Crippen LogP contribution in [0.5, 0.6) is 0 Å². The third-order valence-corrected chi connectivity index (χ3v) is 2.61. The first-order valence-corrected chi connectivity index (χ1v) is 4.34. The van der Waals surface area contributed by atoms with Crippen LogP contribution in [0.25, 0.3) is 0 Å². The van der Waals surface area contributed by atoms with Gasteiger partial charge in [0.05, 0.1) is 13.2 Å². The molecule has 2 fully saturated rings. The molecule has 1 spiro atoms. The van der Waals surface area contributed by atoms with Crippen LogP contribution in [-0.4, -0.2) is 25.0 Å². The van der Waals surface area contributed by atoms with Gasteiger partial charge in [0.15, 0.2) is 5.79 Å². The van der Waals surface area contributed by atoms with Gasteiger partial charge in [-0.05, 0) is 12.8 Å². The molecule has 1 aliphatic carbocycles. The second kappa shape index (κ2) is 3.92. The number of rotatable bonds is 0. The molecule has 0 atom stereocenters. The lowest BCUT2D eigenvalue weighted by Gasteiger charge is -2.33. The van der Waals surface area contributed by atoms with Gasteiger partial charge in [0.2, 0.25) is 0 Å². The van der Waals surface area contributed by atoms with E-state index in [0.717, 1.165) is 38.9 Å². The molecule has 1 heterocycles. The largest absolute Gasteiger partial charge is 0.348 e. The van der Waals surface area contributed by atoms with Gasteiger partial charge < -0.3 is 15.2 Å². The van der Waals surface area contributed by atoms with E-state index in [9.17, 15) is 0 Å². The summed E-state index contributed by atoms with van der Waals surface area (Å²) < 4.78 is 11.1. The molecule has 0 amide bonds. The zero-order valence-electron chi connectivity index (χ0n) is 7.12. The molecule has 12 heavy (non-hydrogen) atoms. The fourth-order valence-electron chi connectivity index (χ4n) is 1.87. The minimum Gasteiger partial charge on any atom is -0.348 e. The molecule has 72 valence electrons. The van der Waals surface area contributed by atoms with Crippen LogP contribution in [0.3, 0.4) is 0 Å². The summed E-state index contributed by atoms with van der Waals surface area (Å²) in [5.74, 6) is -0.226. The molecule has 4 heteroatoms. The highest BCUT2D eigenvalue weighted by molar-refractivity contribution is 5.85. The Kier molecular flexibility index (Phi) is 3.35. The molecule has 1 saturated heterocycles. The highest BCUT2D eigenvalue weighted by Crippen LogP contribution is 2.34. The van der Waals surface area contributed by atoms with Crippen LogP contribution in [0, 0.1) is 0 Å². The molecular formula is C8H16ClNO2. The van der Waals surface area contributed by atoms with Crippen LogP contribution in [0.1, 0.15) is 25.7 Å². The summed E-state index contributed by atoms with van der Waals surface area (Å²) in [6.07, 6.45) is 4.04. The zero-order valence-corrected chi connectivity index (χ0v) is 7.94. The van der Waals surface area contributed by atoms with Gasteiger partial charge in [0, 0.05) is 18.9 Å². The Bertz CT molecular complexity index is 138. The molecule has 1 saturated carbocycles. The molecule has 0 bridgehead atoms. The molecule has 2 rings (SSSR count). The summed E-state index contributed by atoms with van der Waals surface area (Å²) in [5.41, 5.74) is 5.77. The lowest BCUT2D eigenvalue weighted by atomic mass is 9.91. The third kappa shape index (κ3) is 1.91. The fourth-order valence-corrected chi connectivity index (χ4v) is 1.87. The monoisotopic (exact) mass is 193 g/mol. The molecule has 0 aromatic carbocycles. The van der Waals surface area contributed by atoms with Gasteiger partial charge in [0.1, 0.15) is 0 Å². The lowest BCUT2D eigenvalue weighted by molar-refractivity contribution is -0.178. The van der Waals surface area contributed by atoms with Crippen LogP contribution in [-0.2, 0) is 9.47 Å². The van der Waals surface area contributed by atoms with Crippen LogP contribution >= 0.6 is 12.4 Å². The van der Waals surface area contributed by atoms with Gasteiger partial charge in [-0.25, -0.2) is 0 Å². The minimum atomic E-state index is -0.226. The van der Waals surface area contributed by atoms with Crippen LogP contribution in [0.4, 0.5) is 0 Å². The van der Waals surface area contributed by atoms with E-state index in [-0.39, 0.29) is 18.2 Å². The van der Waals surface area contributed by atoms with Crippen molar-refractivity contribution < 1.29 is 9.47 Å². The predicted octanol–water partition coefficient (Wildman–Crippen LogP) is 1.05. The SMILES string of the molecule is Cl.NC1CCC2(CC1)OCCO2. The van der Waals surface area contributed by atoms with Gasteiger partial charge in [-0.2, -0.15) is 0 Å². The van der Waals surface area contributed by atoms with Gasteiger partial charge in [-0.1, -0.05) is 0 Å². The summed E-state index contributed by atoms with van der Waals surface area (Å²) in [7, 11) is 0. The topological polar surface area (TPSA) is 44.5 Å². The second-order valence-corrected chi connectivity index (χ2v) is 3.45. The van der Waals surface area contributed by atoms with Crippen molar-refractivity contribution in [1.82, 2.24) is 0 Å². The van der Waals surface area contributed by atoms with Crippen molar-refractivity contribution in [3.05, 3.63) is 0 Å². The van der Waals surface area contributed by atoms with Gasteiger partial charge in [0.25, 0.3) is 0 Å². The van der Waals surface area contributed by atoms with Crippen LogP contribution in [0.15, 0.2) is 0 Å². The Morgan fingerprint density at radius 2 is 1.58 bits per heavy atom. The maximum absolute atomic E-state index is 5.77. The van der Waals surface area contributed by atoms with Crippen molar-refractivity contribution in [2.24, 2.45) is 5.73 Å². The van der Waals surface area contributed by atoms with E-state index in [2.05, 4.69) is 0 Å². The first kappa shape index (κ1) is 10.3. The molecule has 2 N–H and O–H groups in total. The van der Waals surface area contributed by atoms with E-state index >= 15 is 0 Å². The average molecular weight is 194 g/mol. The first-order valence-electron chi connectivity index (χ1n) is 4.34. The smallest absolute Gasteiger partial charge is 0.168 e. The lowest BCUT2D eigenvalue weighted by Crippen LogP contribution is -2.39. The molecule has 0 radical (unpaired) electrons. The number of hydrogen-bond acceptors (Lipinski definition) is 3. The van der Waals surface area contributed by atoms with Crippen molar-refractivity contribution in [3.8, 4) is 0 Å². The van der Waals surface area contributed by atoms with Crippen molar-refractivity contribution >= 4 is 12.4 Å². The van der Waals surface area contributed by atoms with E-state index in [1.54, 1.807) is 0 Å². The number of halogens is 1. The standard InChI is InChI=1S/C8H15NO2.ClH/c9-7-1-3-8(4-2-7)10-5-6-11-8;/h7H,1-6,9H2;1H. The predicted molar refractivity (Wildman–Crippen MR) is 48.3 cm³/mol. The Morgan fingerprint density at radius 3 is 2.08 bits per heavy atom. The van der Waals surface area contributed by atoms with Crippen LogP contribution < -0.4 is 5.73 Å². The molecule has 1 aliphatic heterocycles. The molecule has 2 aliphatic rings. The van der Waals surface area contributed by atoms with E-state index in [0.29, 0.717) is 6.04 Å². The summed E-state index contributed by atoms with van der Waals surface area (Å²) in [6, 6.07) is 0.369. The van der Waals surface area contributed by atoms with Crippen molar-refractivity contribution in [3.63, 3.8) is 0 Å². The average Bonchev–Trinajstić information content (AvgIpc) is 2.45. The molecule has 0 unspecified atom stereocenters. The van der Waals surface area contributed by atoms with E-state index in [1.165, 1.54) is 0 Å². The number of hydrogen-bond donors (Lipinski definition) is 1. The van der Waals surface area contributed by atoms with E-state index in [1.807, 2.05) is 0 Å². The quantitative estimate of drug-likeness (QED) is 0.626. The Labute approximate surface area is 79.0 Å². The number of ether oxygens (including phenoxy) is 2. The fraction of sp³-hybridized carbons (Fsp3) is 1.00. The molecule has 0 aromatic heterocycles. The van der Waals surface area contributed by atoms with Crippen molar-refractivity contribution in [1.29, 1.82) is 0 Å². The molecule has 0 aromatic rings. The Balaban J connectivity index is 0.000000720. The maximum atomic E-state index is 5.77.